The monoisotopic (exact) mass is 204 g/mol. The van der Waals surface area contributed by atoms with E-state index in [0.717, 1.165) is 5.56 Å². The van der Waals surface area contributed by atoms with Crippen molar-refractivity contribution in [1.29, 1.82) is 0 Å². The molecule has 1 unspecified atom stereocenters. The summed E-state index contributed by atoms with van der Waals surface area (Å²) in [7, 11) is 0. The molecule has 0 radical (unpaired) electrons. The second kappa shape index (κ2) is 4.08. The minimum Gasteiger partial charge on any atom is -0.328 e. The van der Waals surface area contributed by atoms with Crippen LogP contribution in [0.1, 0.15) is 12.5 Å². The van der Waals surface area contributed by atoms with E-state index in [4.69, 9.17) is 28.9 Å². The zero-order valence-electron chi connectivity index (χ0n) is 6.72. The van der Waals surface area contributed by atoms with Gasteiger partial charge in [0.05, 0.1) is 10.0 Å². The van der Waals surface area contributed by atoms with Gasteiger partial charge < -0.3 is 5.73 Å². The van der Waals surface area contributed by atoms with Crippen molar-refractivity contribution >= 4 is 23.2 Å². The zero-order valence-corrected chi connectivity index (χ0v) is 8.23. The number of nitrogens with two attached hydrogens (primary N) is 1. The summed E-state index contributed by atoms with van der Waals surface area (Å²) in [5.74, 6) is 0. The third kappa shape index (κ3) is 2.34. The molecule has 4 heteroatoms. The molecule has 0 fully saturated rings. The lowest BCUT2D eigenvalue weighted by Gasteiger charge is -2.08. The third-order valence-electron chi connectivity index (χ3n) is 1.48. The van der Waals surface area contributed by atoms with Gasteiger partial charge in [-0.1, -0.05) is 23.2 Å². The molecule has 2 N–H and O–H groups in total. The maximum Gasteiger partial charge on any atom is 0.0636 e. The van der Waals surface area contributed by atoms with Crippen LogP contribution in [0, 0.1) is 0 Å². The van der Waals surface area contributed by atoms with Crippen LogP contribution >= 0.6 is 23.2 Å². The highest BCUT2D eigenvalue weighted by molar-refractivity contribution is 6.35. The van der Waals surface area contributed by atoms with Gasteiger partial charge in [-0.3, -0.25) is 4.98 Å². The number of hydrogen-bond donors (Lipinski definition) is 1. The van der Waals surface area contributed by atoms with Crippen molar-refractivity contribution < 1.29 is 0 Å². The van der Waals surface area contributed by atoms with Gasteiger partial charge in [-0.2, -0.15) is 0 Å². The lowest BCUT2D eigenvalue weighted by molar-refractivity contribution is 0.737. The lowest BCUT2D eigenvalue weighted by atomic mass is 10.1. The van der Waals surface area contributed by atoms with E-state index >= 15 is 0 Å². The molecule has 1 aromatic heterocycles. The quantitative estimate of drug-likeness (QED) is 0.804. The maximum absolute atomic E-state index is 5.87. The molecule has 0 amide bonds. The van der Waals surface area contributed by atoms with Crippen LogP contribution in [-0.2, 0) is 6.42 Å². The first-order valence-corrected chi connectivity index (χ1v) is 4.40. The molecule has 0 aliphatic heterocycles. The lowest BCUT2D eigenvalue weighted by Crippen LogP contribution is -2.18. The Morgan fingerprint density at radius 1 is 1.42 bits per heavy atom. The summed E-state index contributed by atoms with van der Waals surface area (Å²) in [6.45, 7) is 1.91. The van der Waals surface area contributed by atoms with Crippen molar-refractivity contribution in [3.05, 3.63) is 28.0 Å². The second-order valence-electron chi connectivity index (χ2n) is 2.76. The Hall–Kier alpha value is -0.310. The van der Waals surface area contributed by atoms with Gasteiger partial charge in [0.1, 0.15) is 0 Å². The van der Waals surface area contributed by atoms with E-state index in [1.807, 2.05) is 6.92 Å². The summed E-state index contributed by atoms with van der Waals surface area (Å²) in [6, 6.07) is 0.0578. The normalized spacial score (nSPS) is 13.0. The molecule has 0 spiro atoms. The highest BCUT2D eigenvalue weighted by Crippen LogP contribution is 2.23. The molecule has 0 aliphatic rings. The van der Waals surface area contributed by atoms with Crippen LogP contribution in [0.4, 0.5) is 0 Å². The SMILES string of the molecule is CC(N)Cc1c(Cl)cncc1Cl. The Balaban J connectivity index is 2.96. The largest absolute Gasteiger partial charge is 0.328 e. The van der Waals surface area contributed by atoms with E-state index in [9.17, 15) is 0 Å². The predicted octanol–water partition coefficient (Wildman–Crippen LogP) is 2.28. The predicted molar refractivity (Wildman–Crippen MR) is 51.6 cm³/mol. The number of halogens is 2. The highest BCUT2D eigenvalue weighted by Gasteiger charge is 2.07. The summed E-state index contributed by atoms with van der Waals surface area (Å²) in [5, 5.41) is 1.17. The first-order valence-electron chi connectivity index (χ1n) is 3.64. The summed E-state index contributed by atoms with van der Waals surface area (Å²) in [4.78, 5) is 3.85. The minimum atomic E-state index is 0.0578. The molecular weight excluding hydrogens is 195 g/mol. The van der Waals surface area contributed by atoms with Gasteiger partial charge in [0, 0.05) is 18.4 Å². The summed E-state index contributed by atoms with van der Waals surface area (Å²) in [5.41, 5.74) is 6.50. The van der Waals surface area contributed by atoms with E-state index in [2.05, 4.69) is 4.98 Å². The summed E-state index contributed by atoms with van der Waals surface area (Å²) < 4.78 is 0. The molecule has 0 aromatic carbocycles. The number of pyridine rings is 1. The van der Waals surface area contributed by atoms with Crippen LogP contribution < -0.4 is 5.73 Å². The molecule has 0 aliphatic carbocycles. The fourth-order valence-corrected chi connectivity index (χ4v) is 1.47. The Labute approximate surface area is 81.7 Å². The van der Waals surface area contributed by atoms with E-state index in [1.54, 1.807) is 12.4 Å². The van der Waals surface area contributed by atoms with Crippen molar-refractivity contribution in [1.82, 2.24) is 4.98 Å². The van der Waals surface area contributed by atoms with Crippen molar-refractivity contribution in [3.8, 4) is 0 Å². The number of hydrogen-bond acceptors (Lipinski definition) is 2. The van der Waals surface area contributed by atoms with E-state index in [1.165, 1.54) is 0 Å². The Bertz CT molecular complexity index is 254. The van der Waals surface area contributed by atoms with Crippen LogP contribution in [0.2, 0.25) is 10.0 Å². The molecule has 2 nitrogen and oxygen atoms in total. The Kier molecular flexibility index (Phi) is 3.32. The standard InChI is InChI=1S/C8H10Cl2N2/c1-5(11)2-6-7(9)3-12-4-8(6)10/h3-5H,2,11H2,1H3. The average molecular weight is 205 g/mol. The fourth-order valence-electron chi connectivity index (χ4n) is 0.955. The number of nitrogens with zero attached hydrogens (tertiary/aromatic N) is 1. The number of aromatic nitrogens is 1. The highest BCUT2D eigenvalue weighted by atomic mass is 35.5. The van der Waals surface area contributed by atoms with E-state index in [0.29, 0.717) is 16.5 Å². The van der Waals surface area contributed by atoms with Gasteiger partial charge in [0.2, 0.25) is 0 Å². The number of rotatable bonds is 2. The van der Waals surface area contributed by atoms with E-state index in [-0.39, 0.29) is 6.04 Å². The first-order chi connectivity index (χ1) is 5.61. The molecule has 1 atom stereocenters. The zero-order chi connectivity index (χ0) is 9.14. The van der Waals surface area contributed by atoms with Crippen LogP contribution in [0.5, 0.6) is 0 Å². The van der Waals surface area contributed by atoms with Crippen LogP contribution in [0.3, 0.4) is 0 Å². The van der Waals surface area contributed by atoms with E-state index < -0.39 is 0 Å². The average Bonchev–Trinajstić information content (AvgIpc) is 1.97. The summed E-state index contributed by atoms with van der Waals surface area (Å²) >= 11 is 11.7. The van der Waals surface area contributed by atoms with Crippen LogP contribution in [0.15, 0.2) is 12.4 Å². The van der Waals surface area contributed by atoms with Crippen molar-refractivity contribution in [2.75, 3.05) is 0 Å². The summed E-state index contributed by atoms with van der Waals surface area (Å²) in [6.07, 6.45) is 3.83. The third-order valence-corrected chi connectivity index (χ3v) is 2.13. The minimum absolute atomic E-state index is 0.0578. The van der Waals surface area contributed by atoms with Crippen molar-refractivity contribution in [2.45, 2.75) is 19.4 Å². The molecule has 1 rings (SSSR count). The Morgan fingerprint density at radius 3 is 2.33 bits per heavy atom. The molecule has 0 saturated carbocycles. The second-order valence-corrected chi connectivity index (χ2v) is 3.58. The molecular formula is C8H10Cl2N2. The van der Waals surface area contributed by atoms with Gasteiger partial charge in [0.15, 0.2) is 0 Å². The van der Waals surface area contributed by atoms with Gasteiger partial charge in [-0.15, -0.1) is 0 Å². The first kappa shape index (κ1) is 9.78. The maximum atomic E-state index is 5.87. The molecule has 0 saturated heterocycles. The Morgan fingerprint density at radius 2 is 1.92 bits per heavy atom. The molecule has 0 bridgehead atoms. The van der Waals surface area contributed by atoms with Gasteiger partial charge >= 0.3 is 0 Å². The fraction of sp³-hybridized carbons (Fsp3) is 0.375. The van der Waals surface area contributed by atoms with Gasteiger partial charge in [-0.05, 0) is 18.9 Å². The van der Waals surface area contributed by atoms with Gasteiger partial charge in [-0.25, -0.2) is 0 Å². The molecule has 12 heavy (non-hydrogen) atoms. The van der Waals surface area contributed by atoms with Crippen LogP contribution in [-0.4, -0.2) is 11.0 Å². The van der Waals surface area contributed by atoms with Crippen LogP contribution in [0.25, 0.3) is 0 Å². The van der Waals surface area contributed by atoms with Crippen molar-refractivity contribution in [2.24, 2.45) is 5.73 Å². The topological polar surface area (TPSA) is 38.9 Å². The van der Waals surface area contributed by atoms with Gasteiger partial charge in [0.25, 0.3) is 0 Å². The smallest absolute Gasteiger partial charge is 0.0636 e. The molecule has 66 valence electrons. The molecule has 1 heterocycles. The molecule has 1 aromatic rings. The van der Waals surface area contributed by atoms with Crippen molar-refractivity contribution in [3.63, 3.8) is 0 Å².